The molecule has 26 heavy (non-hydrogen) atoms. The molecule has 0 aromatic carbocycles. The van der Waals surface area contributed by atoms with Crippen LogP contribution in [-0.4, -0.2) is 51.8 Å². The van der Waals surface area contributed by atoms with Gasteiger partial charge in [-0.05, 0) is 36.6 Å². The molecule has 0 unspecified atom stereocenters. The van der Waals surface area contributed by atoms with Crippen LogP contribution < -0.4 is 4.90 Å². The summed E-state index contributed by atoms with van der Waals surface area (Å²) in [6, 6.07) is 7.94. The maximum atomic E-state index is 12.5. The molecule has 0 atom stereocenters. The van der Waals surface area contributed by atoms with E-state index in [-0.39, 0.29) is 0 Å². The van der Waals surface area contributed by atoms with Gasteiger partial charge in [0.15, 0.2) is 11.6 Å². The highest BCUT2D eigenvalue weighted by atomic mass is 16.2. The van der Waals surface area contributed by atoms with Crippen LogP contribution in [0.2, 0.25) is 0 Å². The average molecular weight is 353 g/mol. The Morgan fingerprint density at radius 3 is 2.27 bits per heavy atom. The van der Waals surface area contributed by atoms with E-state index in [1.165, 1.54) is 25.7 Å². The average Bonchev–Trinajstić information content (AvgIpc) is 3.40. The van der Waals surface area contributed by atoms with Crippen LogP contribution in [0.4, 0.5) is 5.82 Å². The lowest BCUT2D eigenvalue weighted by Crippen LogP contribution is -2.49. The molecule has 2 aliphatic rings. The van der Waals surface area contributed by atoms with E-state index < -0.39 is 0 Å². The number of rotatable bonds is 5. The van der Waals surface area contributed by atoms with Crippen LogP contribution in [0, 0.1) is 5.92 Å². The standard InChI is InChI=1S/C20H27N5O/c26-20(10-7-17-5-1-2-6-17)25-15-13-24(14-16-25)19-9-8-18(21-22-19)23-11-3-4-12-23/h3-4,8-9,11-12,17H,1-2,5-7,10,13-16H2. The summed E-state index contributed by atoms with van der Waals surface area (Å²) in [7, 11) is 0. The molecule has 4 rings (SSSR count). The van der Waals surface area contributed by atoms with E-state index in [1.54, 1.807) is 0 Å². The lowest BCUT2D eigenvalue weighted by atomic mass is 10.0. The van der Waals surface area contributed by atoms with Crippen molar-refractivity contribution in [1.82, 2.24) is 19.7 Å². The molecule has 1 aliphatic carbocycles. The van der Waals surface area contributed by atoms with Crippen molar-refractivity contribution in [1.29, 1.82) is 0 Å². The van der Waals surface area contributed by atoms with Crippen molar-refractivity contribution in [3.8, 4) is 5.82 Å². The molecule has 6 nitrogen and oxygen atoms in total. The van der Waals surface area contributed by atoms with Crippen molar-refractivity contribution in [3.63, 3.8) is 0 Å². The smallest absolute Gasteiger partial charge is 0.222 e. The van der Waals surface area contributed by atoms with Gasteiger partial charge in [-0.1, -0.05) is 25.7 Å². The fourth-order valence-corrected chi connectivity index (χ4v) is 4.08. The molecule has 2 aromatic rings. The predicted molar refractivity (Wildman–Crippen MR) is 101 cm³/mol. The van der Waals surface area contributed by atoms with Crippen LogP contribution in [0.1, 0.15) is 38.5 Å². The fraction of sp³-hybridized carbons (Fsp3) is 0.550. The summed E-state index contributed by atoms with van der Waals surface area (Å²) in [5.41, 5.74) is 0. The van der Waals surface area contributed by atoms with Gasteiger partial charge in [0.1, 0.15) is 0 Å². The van der Waals surface area contributed by atoms with Gasteiger partial charge < -0.3 is 14.4 Å². The summed E-state index contributed by atoms with van der Waals surface area (Å²) in [4.78, 5) is 16.7. The van der Waals surface area contributed by atoms with Crippen molar-refractivity contribution in [2.45, 2.75) is 38.5 Å². The van der Waals surface area contributed by atoms with Crippen LogP contribution in [0.3, 0.4) is 0 Å². The van der Waals surface area contributed by atoms with Crippen LogP contribution in [0.15, 0.2) is 36.7 Å². The van der Waals surface area contributed by atoms with Crippen molar-refractivity contribution in [3.05, 3.63) is 36.7 Å². The fourth-order valence-electron chi connectivity index (χ4n) is 4.08. The second-order valence-electron chi connectivity index (χ2n) is 7.40. The molecule has 3 heterocycles. The van der Waals surface area contributed by atoms with E-state index in [1.807, 2.05) is 46.1 Å². The van der Waals surface area contributed by atoms with Crippen LogP contribution in [-0.2, 0) is 4.79 Å². The molecule has 1 aliphatic heterocycles. The zero-order chi connectivity index (χ0) is 17.8. The van der Waals surface area contributed by atoms with E-state index in [2.05, 4.69) is 15.1 Å². The Morgan fingerprint density at radius 2 is 1.62 bits per heavy atom. The summed E-state index contributed by atoms with van der Waals surface area (Å²) >= 11 is 0. The summed E-state index contributed by atoms with van der Waals surface area (Å²) in [6.45, 7) is 3.22. The molecule has 0 radical (unpaired) electrons. The number of hydrogen-bond acceptors (Lipinski definition) is 4. The minimum Gasteiger partial charge on any atom is -0.352 e. The van der Waals surface area contributed by atoms with Gasteiger partial charge in [0.25, 0.3) is 0 Å². The molecule has 0 N–H and O–H groups in total. The first-order valence-electron chi connectivity index (χ1n) is 9.79. The Labute approximate surface area is 154 Å². The van der Waals surface area contributed by atoms with Gasteiger partial charge in [0.05, 0.1) is 0 Å². The van der Waals surface area contributed by atoms with Crippen molar-refractivity contribution in [2.75, 3.05) is 31.1 Å². The third-order valence-electron chi connectivity index (χ3n) is 5.70. The number of anilines is 1. The Bertz CT molecular complexity index is 698. The molecule has 0 spiro atoms. The minimum atomic E-state index is 0.325. The topological polar surface area (TPSA) is 54.3 Å². The zero-order valence-electron chi connectivity index (χ0n) is 15.3. The SMILES string of the molecule is O=C(CCC1CCCC1)N1CCN(c2ccc(-n3cccc3)nn2)CC1. The first kappa shape index (κ1) is 17.1. The molecule has 6 heteroatoms. The molecule has 1 amide bonds. The Kier molecular flexibility index (Phi) is 5.18. The van der Waals surface area contributed by atoms with Crippen LogP contribution >= 0.6 is 0 Å². The normalized spacial score (nSPS) is 18.5. The maximum absolute atomic E-state index is 12.5. The second kappa shape index (κ2) is 7.89. The highest BCUT2D eigenvalue weighted by molar-refractivity contribution is 5.76. The van der Waals surface area contributed by atoms with Crippen LogP contribution in [0.5, 0.6) is 0 Å². The first-order chi connectivity index (χ1) is 12.8. The number of carbonyl (C=O) groups excluding carboxylic acids is 1. The van der Waals surface area contributed by atoms with E-state index >= 15 is 0 Å². The number of aromatic nitrogens is 3. The van der Waals surface area contributed by atoms with Crippen molar-refractivity contribution < 1.29 is 4.79 Å². The summed E-state index contributed by atoms with van der Waals surface area (Å²) < 4.78 is 1.94. The maximum Gasteiger partial charge on any atom is 0.222 e. The summed E-state index contributed by atoms with van der Waals surface area (Å²) in [6.07, 6.45) is 11.0. The third-order valence-corrected chi connectivity index (χ3v) is 5.70. The van der Waals surface area contributed by atoms with Gasteiger partial charge in [-0.2, -0.15) is 0 Å². The molecule has 2 fully saturated rings. The van der Waals surface area contributed by atoms with Gasteiger partial charge in [-0.15, -0.1) is 10.2 Å². The zero-order valence-corrected chi connectivity index (χ0v) is 15.3. The highest BCUT2D eigenvalue weighted by Gasteiger charge is 2.23. The number of carbonyl (C=O) groups is 1. The molecule has 1 saturated heterocycles. The van der Waals surface area contributed by atoms with Gasteiger partial charge in [0, 0.05) is 45.0 Å². The summed E-state index contributed by atoms with van der Waals surface area (Å²) in [5.74, 6) is 2.82. The Hall–Kier alpha value is -2.37. The van der Waals surface area contributed by atoms with E-state index in [0.717, 1.165) is 56.6 Å². The highest BCUT2D eigenvalue weighted by Crippen LogP contribution is 2.28. The minimum absolute atomic E-state index is 0.325. The molecule has 1 saturated carbocycles. The predicted octanol–water partition coefficient (Wildman–Crippen LogP) is 2.89. The van der Waals surface area contributed by atoms with Crippen molar-refractivity contribution in [2.24, 2.45) is 5.92 Å². The van der Waals surface area contributed by atoms with E-state index in [4.69, 9.17) is 0 Å². The van der Waals surface area contributed by atoms with Gasteiger partial charge in [-0.25, -0.2) is 0 Å². The quantitative estimate of drug-likeness (QED) is 0.829. The lowest BCUT2D eigenvalue weighted by Gasteiger charge is -2.35. The first-order valence-corrected chi connectivity index (χ1v) is 9.79. The van der Waals surface area contributed by atoms with Crippen LogP contribution in [0.25, 0.3) is 5.82 Å². The second-order valence-corrected chi connectivity index (χ2v) is 7.40. The van der Waals surface area contributed by atoms with Gasteiger partial charge in [0.2, 0.25) is 5.91 Å². The third kappa shape index (κ3) is 3.89. The number of piperazine rings is 1. The van der Waals surface area contributed by atoms with E-state index in [0.29, 0.717) is 5.91 Å². The summed E-state index contributed by atoms with van der Waals surface area (Å²) in [5, 5.41) is 8.68. The number of nitrogens with zero attached hydrogens (tertiary/aromatic N) is 5. The molecule has 138 valence electrons. The number of hydrogen-bond donors (Lipinski definition) is 0. The molecule has 0 bridgehead atoms. The Balaban J connectivity index is 1.27. The number of amides is 1. The van der Waals surface area contributed by atoms with Gasteiger partial charge >= 0.3 is 0 Å². The molecule has 2 aromatic heterocycles. The largest absolute Gasteiger partial charge is 0.352 e. The molecular formula is C20H27N5O. The van der Waals surface area contributed by atoms with Crippen molar-refractivity contribution >= 4 is 11.7 Å². The monoisotopic (exact) mass is 353 g/mol. The molecular weight excluding hydrogens is 326 g/mol. The lowest BCUT2D eigenvalue weighted by molar-refractivity contribution is -0.131. The van der Waals surface area contributed by atoms with E-state index in [9.17, 15) is 4.79 Å². The van der Waals surface area contributed by atoms with Gasteiger partial charge in [-0.3, -0.25) is 4.79 Å². The Morgan fingerprint density at radius 1 is 0.962 bits per heavy atom.